The number of hydrogen-bond donors (Lipinski definition) is 0. The summed E-state index contributed by atoms with van der Waals surface area (Å²) in [5, 5.41) is 0.555. The second-order valence-electron chi connectivity index (χ2n) is 7.17. The van der Waals surface area contributed by atoms with Gasteiger partial charge >= 0.3 is 5.97 Å². The fraction of sp³-hybridized carbons (Fsp3) is 0.167. The van der Waals surface area contributed by atoms with Crippen molar-refractivity contribution in [2.75, 3.05) is 12.0 Å². The fourth-order valence-electron chi connectivity index (χ4n) is 3.46. The van der Waals surface area contributed by atoms with Crippen molar-refractivity contribution in [1.82, 2.24) is 9.97 Å². The summed E-state index contributed by atoms with van der Waals surface area (Å²) in [5.41, 5.74) is 4.26. The van der Waals surface area contributed by atoms with E-state index in [-0.39, 0.29) is 23.6 Å². The zero-order chi connectivity index (χ0) is 22.0. The molecule has 0 unspecified atom stereocenters. The second kappa shape index (κ2) is 8.65. The summed E-state index contributed by atoms with van der Waals surface area (Å²) in [6.45, 7) is 4.28. The summed E-state index contributed by atoms with van der Waals surface area (Å²) in [6, 6.07) is 16.3. The highest BCUT2D eigenvalue weighted by atomic mass is 32.1. The molecule has 0 N–H and O–H groups in total. The molecule has 0 aliphatic rings. The summed E-state index contributed by atoms with van der Waals surface area (Å²) >= 11 is 1.45. The van der Waals surface area contributed by atoms with Crippen molar-refractivity contribution in [2.45, 2.75) is 20.4 Å². The van der Waals surface area contributed by atoms with E-state index in [2.05, 4.69) is 17.1 Å². The number of carbonyl (C=O) groups excluding carboxylic acids is 2. The van der Waals surface area contributed by atoms with Crippen LogP contribution < -0.4 is 4.90 Å². The number of esters is 1. The lowest BCUT2D eigenvalue weighted by Gasteiger charge is -2.20. The molecular formula is C24H21N3O3S. The van der Waals surface area contributed by atoms with Crippen molar-refractivity contribution in [3.8, 4) is 0 Å². The Morgan fingerprint density at radius 1 is 1.03 bits per heavy atom. The Bertz CT molecular complexity index is 1270. The molecule has 0 aliphatic heterocycles. The number of pyridine rings is 1. The van der Waals surface area contributed by atoms with Crippen LogP contribution in [0.3, 0.4) is 0 Å². The van der Waals surface area contributed by atoms with Gasteiger partial charge in [0.2, 0.25) is 0 Å². The zero-order valence-corrected chi connectivity index (χ0v) is 18.3. The normalized spacial score (nSPS) is 10.8. The molecule has 2 aromatic carbocycles. The van der Waals surface area contributed by atoms with Crippen LogP contribution in [0.2, 0.25) is 0 Å². The maximum absolute atomic E-state index is 13.7. The van der Waals surface area contributed by atoms with Crippen molar-refractivity contribution in [3.05, 3.63) is 88.7 Å². The first kappa shape index (κ1) is 20.7. The Kier molecular flexibility index (Phi) is 5.77. The predicted octanol–water partition coefficient (Wildman–Crippen LogP) is 4.94. The van der Waals surface area contributed by atoms with E-state index in [1.165, 1.54) is 18.4 Å². The number of carbonyl (C=O) groups is 2. The van der Waals surface area contributed by atoms with E-state index < -0.39 is 5.97 Å². The van der Waals surface area contributed by atoms with Crippen LogP contribution in [0.15, 0.2) is 60.8 Å². The molecule has 7 heteroatoms. The molecule has 0 fully saturated rings. The molecule has 4 rings (SSSR count). The van der Waals surface area contributed by atoms with Crippen LogP contribution in [0, 0.1) is 13.8 Å². The summed E-state index contributed by atoms with van der Waals surface area (Å²) in [4.78, 5) is 36.7. The number of amides is 1. The summed E-state index contributed by atoms with van der Waals surface area (Å²) in [6.07, 6.45) is 1.69. The van der Waals surface area contributed by atoms with Gasteiger partial charge in [-0.05, 0) is 55.3 Å². The van der Waals surface area contributed by atoms with Gasteiger partial charge in [0.05, 0.1) is 40.7 Å². The SMILES string of the molecule is COC(=O)c1ccccc1C(=O)N(Cc1ccccn1)c1nc2c(C)cc(C)cc2s1. The summed E-state index contributed by atoms with van der Waals surface area (Å²) in [7, 11) is 1.30. The van der Waals surface area contributed by atoms with Gasteiger partial charge in [-0.2, -0.15) is 0 Å². The van der Waals surface area contributed by atoms with Gasteiger partial charge in [0.1, 0.15) is 0 Å². The number of rotatable bonds is 5. The second-order valence-corrected chi connectivity index (χ2v) is 8.18. The Morgan fingerprint density at radius 2 is 1.77 bits per heavy atom. The van der Waals surface area contributed by atoms with E-state index in [9.17, 15) is 9.59 Å². The van der Waals surface area contributed by atoms with Crippen LogP contribution in [0.4, 0.5) is 5.13 Å². The Hall–Kier alpha value is -3.58. The van der Waals surface area contributed by atoms with Crippen molar-refractivity contribution >= 4 is 38.6 Å². The van der Waals surface area contributed by atoms with Crippen molar-refractivity contribution in [1.29, 1.82) is 0 Å². The van der Waals surface area contributed by atoms with Gasteiger partial charge in [-0.3, -0.25) is 14.7 Å². The smallest absolute Gasteiger partial charge is 0.338 e. The van der Waals surface area contributed by atoms with E-state index in [0.29, 0.717) is 5.13 Å². The van der Waals surface area contributed by atoms with E-state index in [4.69, 9.17) is 9.72 Å². The number of ether oxygens (including phenoxy) is 1. The number of benzene rings is 2. The van der Waals surface area contributed by atoms with Gasteiger partial charge < -0.3 is 4.74 Å². The van der Waals surface area contributed by atoms with Gasteiger partial charge in [0, 0.05) is 6.20 Å². The van der Waals surface area contributed by atoms with Gasteiger partial charge in [-0.25, -0.2) is 9.78 Å². The minimum atomic E-state index is -0.558. The van der Waals surface area contributed by atoms with Crippen LogP contribution >= 0.6 is 11.3 Å². The number of aryl methyl sites for hydroxylation is 2. The highest BCUT2D eigenvalue weighted by Crippen LogP contribution is 2.33. The van der Waals surface area contributed by atoms with Crippen LogP contribution in [-0.2, 0) is 11.3 Å². The molecule has 0 bridgehead atoms. The topological polar surface area (TPSA) is 72.4 Å². The average molecular weight is 432 g/mol. The quantitative estimate of drug-likeness (QED) is 0.419. The van der Waals surface area contributed by atoms with Crippen LogP contribution in [0.1, 0.15) is 37.5 Å². The number of aromatic nitrogens is 2. The minimum Gasteiger partial charge on any atom is -0.465 e. The number of anilines is 1. The lowest BCUT2D eigenvalue weighted by atomic mass is 10.1. The molecule has 31 heavy (non-hydrogen) atoms. The number of methoxy groups -OCH3 is 1. The van der Waals surface area contributed by atoms with Gasteiger partial charge in [0.25, 0.3) is 5.91 Å². The molecule has 156 valence electrons. The monoisotopic (exact) mass is 431 g/mol. The molecule has 0 aliphatic carbocycles. The molecule has 0 saturated carbocycles. The Labute approximate surface area is 184 Å². The molecular weight excluding hydrogens is 410 g/mol. The highest BCUT2D eigenvalue weighted by molar-refractivity contribution is 7.22. The molecule has 2 heterocycles. The lowest BCUT2D eigenvalue weighted by Crippen LogP contribution is -2.32. The summed E-state index contributed by atoms with van der Waals surface area (Å²) in [5.74, 6) is -0.891. The van der Waals surface area contributed by atoms with Gasteiger partial charge in [-0.1, -0.05) is 35.6 Å². The lowest BCUT2D eigenvalue weighted by molar-refractivity contribution is 0.0597. The number of hydrogen-bond acceptors (Lipinski definition) is 6. The number of thiazole rings is 1. The molecule has 0 spiro atoms. The standard InChI is InChI=1S/C24H21N3O3S/c1-15-12-16(2)21-20(13-15)31-24(26-21)27(14-17-8-6-7-11-25-17)22(28)18-9-4-5-10-19(18)23(29)30-3/h4-13H,14H2,1-3H3. The van der Waals surface area contributed by atoms with Gasteiger partial charge in [-0.15, -0.1) is 0 Å². The fourth-order valence-corrected chi connectivity index (χ4v) is 4.60. The van der Waals surface area contributed by atoms with Crippen LogP contribution in [0.5, 0.6) is 0 Å². The van der Waals surface area contributed by atoms with Crippen LogP contribution in [-0.4, -0.2) is 29.0 Å². The van der Waals surface area contributed by atoms with Crippen LogP contribution in [0.25, 0.3) is 10.2 Å². The maximum Gasteiger partial charge on any atom is 0.338 e. The highest BCUT2D eigenvalue weighted by Gasteiger charge is 2.26. The number of fused-ring (bicyclic) bond motifs is 1. The van der Waals surface area contributed by atoms with E-state index in [1.807, 2.05) is 32.0 Å². The third kappa shape index (κ3) is 4.18. The van der Waals surface area contributed by atoms with E-state index in [1.54, 1.807) is 35.4 Å². The average Bonchev–Trinajstić information content (AvgIpc) is 3.21. The predicted molar refractivity (Wildman–Crippen MR) is 122 cm³/mol. The molecule has 0 radical (unpaired) electrons. The van der Waals surface area contributed by atoms with E-state index >= 15 is 0 Å². The molecule has 0 saturated heterocycles. The third-order valence-corrected chi connectivity index (χ3v) is 5.93. The zero-order valence-electron chi connectivity index (χ0n) is 17.5. The van der Waals surface area contributed by atoms with Gasteiger partial charge in [0.15, 0.2) is 5.13 Å². The van der Waals surface area contributed by atoms with Crippen molar-refractivity contribution in [2.24, 2.45) is 0 Å². The van der Waals surface area contributed by atoms with E-state index in [0.717, 1.165) is 27.0 Å². The minimum absolute atomic E-state index is 0.217. The summed E-state index contributed by atoms with van der Waals surface area (Å²) < 4.78 is 5.88. The first-order valence-corrected chi connectivity index (χ1v) is 10.6. The van der Waals surface area contributed by atoms with Crippen molar-refractivity contribution in [3.63, 3.8) is 0 Å². The first-order valence-electron chi connectivity index (χ1n) is 9.75. The Balaban J connectivity index is 1.83. The molecule has 2 aromatic heterocycles. The number of nitrogens with zero attached hydrogens (tertiary/aromatic N) is 3. The maximum atomic E-state index is 13.7. The Morgan fingerprint density at radius 3 is 2.48 bits per heavy atom. The first-order chi connectivity index (χ1) is 15.0. The molecule has 4 aromatic rings. The molecule has 0 atom stereocenters. The molecule has 6 nitrogen and oxygen atoms in total. The largest absolute Gasteiger partial charge is 0.465 e. The molecule has 1 amide bonds. The third-order valence-electron chi connectivity index (χ3n) is 4.90. The van der Waals surface area contributed by atoms with Crippen molar-refractivity contribution < 1.29 is 14.3 Å².